The Kier molecular flexibility index (Phi) is 4.77. The van der Waals surface area contributed by atoms with Crippen molar-refractivity contribution in [3.8, 4) is 0 Å². The van der Waals surface area contributed by atoms with Crippen molar-refractivity contribution in [2.75, 3.05) is 31.1 Å². The van der Waals surface area contributed by atoms with Crippen LogP contribution in [0.2, 0.25) is 0 Å². The molecule has 1 aliphatic heterocycles. The highest BCUT2D eigenvalue weighted by Gasteiger charge is 2.35. The predicted octanol–water partition coefficient (Wildman–Crippen LogP) is 3.00. The fraction of sp³-hybridized carbons (Fsp3) is 0.700. The van der Waals surface area contributed by atoms with Crippen LogP contribution in [0.5, 0.6) is 0 Å². The van der Waals surface area contributed by atoms with Crippen molar-refractivity contribution in [2.45, 2.75) is 52.5 Å². The fourth-order valence-electron chi connectivity index (χ4n) is 4.47. The Morgan fingerprint density at radius 2 is 1.50 bits per heavy atom. The van der Waals surface area contributed by atoms with Crippen LogP contribution >= 0.6 is 0 Å². The van der Waals surface area contributed by atoms with E-state index >= 15 is 0 Å². The van der Waals surface area contributed by atoms with Crippen molar-refractivity contribution in [3.05, 3.63) is 30.3 Å². The van der Waals surface area contributed by atoms with E-state index in [1.807, 2.05) is 4.90 Å². The van der Waals surface area contributed by atoms with Crippen LogP contribution < -0.4 is 9.80 Å². The maximum atomic E-state index is 2.56. The lowest BCUT2D eigenvalue weighted by Gasteiger charge is -2.42. The minimum absolute atomic E-state index is 0.506. The number of anilines is 1. The molecule has 2 heteroatoms. The van der Waals surface area contributed by atoms with Crippen LogP contribution in [-0.2, 0) is 0 Å². The molecule has 2 aliphatic rings. The van der Waals surface area contributed by atoms with Gasteiger partial charge in [-0.2, -0.15) is 0 Å². The Morgan fingerprint density at radius 1 is 0.909 bits per heavy atom. The average molecular weight is 301 g/mol. The van der Waals surface area contributed by atoms with Gasteiger partial charge in [-0.3, -0.25) is 0 Å². The summed E-state index contributed by atoms with van der Waals surface area (Å²) in [7, 11) is 0. The number of nitrogens with zero attached hydrogens (tertiary/aromatic N) is 1. The summed E-state index contributed by atoms with van der Waals surface area (Å²) in [4.78, 5) is 4.43. The van der Waals surface area contributed by atoms with E-state index in [0.717, 1.165) is 12.0 Å². The summed E-state index contributed by atoms with van der Waals surface area (Å²) in [5.41, 5.74) is 1.91. The number of para-hydroxylation sites is 1. The average Bonchev–Trinajstić information content (AvgIpc) is 2.55. The van der Waals surface area contributed by atoms with Gasteiger partial charge in [0.15, 0.2) is 0 Å². The third-order valence-corrected chi connectivity index (χ3v) is 6.06. The Bertz CT molecular complexity index is 446. The third-order valence-electron chi connectivity index (χ3n) is 6.06. The van der Waals surface area contributed by atoms with Gasteiger partial charge in [0.25, 0.3) is 0 Å². The van der Waals surface area contributed by atoms with Gasteiger partial charge in [0.05, 0.1) is 32.2 Å². The first-order valence-electron chi connectivity index (χ1n) is 9.18. The molecule has 1 heterocycles. The molecule has 22 heavy (non-hydrogen) atoms. The summed E-state index contributed by atoms with van der Waals surface area (Å²) in [6.07, 6.45) is 5.78. The molecular formula is C20H33N2+. The summed E-state index contributed by atoms with van der Waals surface area (Å²) in [5.74, 6) is 0.939. The predicted molar refractivity (Wildman–Crippen MR) is 94.6 cm³/mol. The minimum atomic E-state index is 0.506. The van der Waals surface area contributed by atoms with Crippen molar-refractivity contribution in [3.63, 3.8) is 0 Å². The highest BCUT2D eigenvalue weighted by Crippen LogP contribution is 2.37. The standard InChI is InChI=1S/C20H32N2/c1-20(2,3)17-9-11-19(12-10-17)22-15-13-21(14-16-22)18-7-5-4-6-8-18/h4-8,17,19H,9-16H2,1-3H3/p+1. The molecule has 122 valence electrons. The second kappa shape index (κ2) is 6.62. The monoisotopic (exact) mass is 301 g/mol. The zero-order valence-electron chi connectivity index (χ0n) is 14.6. The van der Waals surface area contributed by atoms with Crippen LogP contribution in [-0.4, -0.2) is 32.2 Å². The normalized spacial score (nSPS) is 27.9. The highest BCUT2D eigenvalue weighted by molar-refractivity contribution is 5.46. The summed E-state index contributed by atoms with van der Waals surface area (Å²) < 4.78 is 0. The van der Waals surface area contributed by atoms with E-state index in [1.54, 1.807) is 0 Å². The van der Waals surface area contributed by atoms with E-state index in [4.69, 9.17) is 0 Å². The zero-order chi connectivity index (χ0) is 15.6. The lowest BCUT2D eigenvalue weighted by molar-refractivity contribution is -0.927. The molecule has 0 spiro atoms. The van der Waals surface area contributed by atoms with Crippen LogP contribution in [0.3, 0.4) is 0 Å². The van der Waals surface area contributed by atoms with E-state index < -0.39 is 0 Å². The van der Waals surface area contributed by atoms with Crippen LogP contribution in [0, 0.1) is 11.3 Å². The van der Waals surface area contributed by atoms with Crippen molar-refractivity contribution in [2.24, 2.45) is 11.3 Å². The smallest absolute Gasteiger partial charge is 0.0951 e. The maximum Gasteiger partial charge on any atom is 0.0951 e. The SMILES string of the molecule is CC(C)(C)C1CCC([NH+]2CCN(c3ccccc3)CC2)CC1. The molecule has 2 fully saturated rings. The molecule has 0 amide bonds. The van der Waals surface area contributed by atoms with E-state index in [0.29, 0.717) is 5.41 Å². The lowest BCUT2D eigenvalue weighted by atomic mass is 9.71. The van der Waals surface area contributed by atoms with Gasteiger partial charge in [-0.05, 0) is 49.1 Å². The van der Waals surface area contributed by atoms with Gasteiger partial charge < -0.3 is 9.80 Å². The Hall–Kier alpha value is -1.02. The molecule has 1 N–H and O–H groups in total. The summed E-state index contributed by atoms with van der Waals surface area (Å²) in [6, 6.07) is 11.8. The first-order valence-corrected chi connectivity index (χ1v) is 9.18. The highest BCUT2D eigenvalue weighted by atomic mass is 15.3. The van der Waals surface area contributed by atoms with Gasteiger partial charge in [0.2, 0.25) is 0 Å². The molecule has 0 bridgehead atoms. The molecule has 1 saturated heterocycles. The number of benzene rings is 1. The molecule has 1 aromatic carbocycles. The number of nitrogens with one attached hydrogen (secondary N) is 1. The van der Waals surface area contributed by atoms with E-state index in [2.05, 4.69) is 56.0 Å². The zero-order valence-corrected chi connectivity index (χ0v) is 14.6. The lowest BCUT2D eigenvalue weighted by Crippen LogP contribution is -3.18. The number of hydrogen-bond donors (Lipinski definition) is 1. The second-order valence-corrected chi connectivity index (χ2v) is 8.40. The molecule has 1 saturated carbocycles. The number of rotatable bonds is 2. The third kappa shape index (κ3) is 3.65. The Labute approximate surface area is 136 Å². The van der Waals surface area contributed by atoms with Crippen LogP contribution in [0.1, 0.15) is 46.5 Å². The Balaban J connectivity index is 1.49. The number of hydrogen-bond acceptors (Lipinski definition) is 1. The van der Waals surface area contributed by atoms with Crippen molar-refractivity contribution in [1.29, 1.82) is 0 Å². The number of piperazine rings is 1. The molecule has 0 radical (unpaired) electrons. The van der Waals surface area contributed by atoms with E-state index in [-0.39, 0.29) is 0 Å². The first-order chi connectivity index (χ1) is 10.5. The van der Waals surface area contributed by atoms with Gasteiger partial charge in [0.1, 0.15) is 0 Å². The van der Waals surface area contributed by atoms with Crippen LogP contribution in [0.4, 0.5) is 5.69 Å². The topological polar surface area (TPSA) is 7.68 Å². The van der Waals surface area contributed by atoms with E-state index in [1.165, 1.54) is 57.5 Å². The molecule has 3 rings (SSSR count). The van der Waals surface area contributed by atoms with Gasteiger partial charge in [0, 0.05) is 5.69 Å². The van der Waals surface area contributed by atoms with Gasteiger partial charge in [-0.25, -0.2) is 0 Å². The van der Waals surface area contributed by atoms with Gasteiger partial charge in [-0.15, -0.1) is 0 Å². The summed E-state index contributed by atoms with van der Waals surface area (Å²) >= 11 is 0. The summed E-state index contributed by atoms with van der Waals surface area (Å²) in [6.45, 7) is 12.3. The minimum Gasteiger partial charge on any atom is -0.360 e. The molecular weight excluding hydrogens is 268 g/mol. The molecule has 1 aromatic rings. The van der Waals surface area contributed by atoms with Gasteiger partial charge in [-0.1, -0.05) is 39.0 Å². The molecule has 0 aromatic heterocycles. The van der Waals surface area contributed by atoms with Crippen LogP contribution in [0.15, 0.2) is 30.3 Å². The van der Waals surface area contributed by atoms with Crippen molar-refractivity contribution in [1.82, 2.24) is 0 Å². The van der Waals surface area contributed by atoms with Crippen molar-refractivity contribution < 1.29 is 4.90 Å². The molecule has 2 nitrogen and oxygen atoms in total. The first kappa shape index (κ1) is 15.9. The largest absolute Gasteiger partial charge is 0.360 e. The fourth-order valence-corrected chi connectivity index (χ4v) is 4.47. The second-order valence-electron chi connectivity index (χ2n) is 8.40. The quantitative estimate of drug-likeness (QED) is 0.882. The summed E-state index contributed by atoms with van der Waals surface area (Å²) in [5, 5.41) is 0. The number of quaternary nitrogens is 1. The Morgan fingerprint density at radius 3 is 2.05 bits per heavy atom. The maximum absolute atomic E-state index is 2.56. The van der Waals surface area contributed by atoms with Crippen LogP contribution in [0.25, 0.3) is 0 Å². The molecule has 0 unspecified atom stereocenters. The van der Waals surface area contributed by atoms with Crippen molar-refractivity contribution >= 4 is 5.69 Å². The molecule has 0 atom stereocenters. The molecule has 1 aliphatic carbocycles. The van der Waals surface area contributed by atoms with Gasteiger partial charge >= 0.3 is 0 Å². The van der Waals surface area contributed by atoms with E-state index in [9.17, 15) is 0 Å².